The van der Waals surface area contributed by atoms with Crippen molar-refractivity contribution in [3.63, 3.8) is 0 Å². The Bertz CT molecular complexity index is 564. The van der Waals surface area contributed by atoms with Crippen molar-refractivity contribution in [3.8, 4) is 0 Å². The Morgan fingerprint density at radius 3 is 2.84 bits per heavy atom. The fourth-order valence-electron chi connectivity index (χ4n) is 2.62. The highest BCUT2D eigenvalue weighted by Crippen LogP contribution is 2.30. The molecule has 19 heavy (non-hydrogen) atoms. The Morgan fingerprint density at radius 1 is 1.32 bits per heavy atom. The summed E-state index contributed by atoms with van der Waals surface area (Å²) in [5, 5.41) is 13.4. The molecule has 1 aliphatic rings. The molecule has 1 heterocycles. The highest BCUT2D eigenvalue weighted by atomic mass is 32.1. The van der Waals surface area contributed by atoms with E-state index >= 15 is 0 Å². The molecule has 0 aliphatic heterocycles. The molecule has 1 aromatic carbocycles. The lowest BCUT2D eigenvalue weighted by molar-refractivity contribution is 0.186. The first-order valence-corrected chi connectivity index (χ1v) is 7.50. The second-order valence-corrected chi connectivity index (χ2v) is 6.21. The minimum atomic E-state index is -0.217. The van der Waals surface area contributed by atoms with Crippen LogP contribution in [0.15, 0.2) is 18.2 Å². The molecule has 0 saturated heterocycles. The first-order valence-electron chi connectivity index (χ1n) is 6.68. The van der Waals surface area contributed by atoms with E-state index in [1.807, 2.05) is 0 Å². The lowest BCUT2D eigenvalue weighted by Crippen LogP contribution is -2.27. The second kappa shape index (κ2) is 5.43. The smallest absolute Gasteiger partial charge is 0.184 e. The van der Waals surface area contributed by atoms with Gasteiger partial charge in [-0.3, -0.25) is 0 Å². The molecule has 0 unspecified atom stereocenters. The summed E-state index contributed by atoms with van der Waals surface area (Å²) in [4.78, 5) is 4.48. The SMILES string of the molecule is OCC1CCC(Nc2nc3ccc(F)cc3s2)CC1. The molecule has 1 aliphatic carbocycles. The van der Waals surface area contributed by atoms with Gasteiger partial charge in [0.2, 0.25) is 0 Å². The van der Waals surface area contributed by atoms with Crippen LogP contribution in [0.2, 0.25) is 0 Å². The van der Waals surface area contributed by atoms with E-state index in [2.05, 4.69) is 10.3 Å². The van der Waals surface area contributed by atoms with Crippen molar-refractivity contribution in [2.75, 3.05) is 11.9 Å². The fraction of sp³-hybridized carbons (Fsp3) is 0.500. The Kier molecular flexibility index (Phi) is 3.66. The van der Waals surface area contributed by atoms with E-state index in [1.54, 1.807) is 6.07 Å². The largest absolute Gasteiger partial charge is 0.396 e. The molecule has 0 atom stereocenters. The van der Waals surface area contributed by atoms with Crippen molar-refractivity contribution < 1.29 is 9.50 Å². The van der Waals surface area contributed by atoms with Crippen LogP contribution < -0.4 is 5.32 Å². The van der Waals surface area contributed by atoms with Crippen LogP contribution in [-0.4, -0.2) is 22.7 Å². The molecule has 1 aromatic heterocycles. The van der Waals surface area contributed by atoms with Crippen LogP contribution >= 0.6 is 11.3 Å². The summed E-state index contributed by atoms with van der Waals surface area (Å²) in [6.45, 7) is 0.299. The molecule has 102 valence electrons. The van der Waals surface area contributed by atoms with E-state index in [4.69, 9.17) is 5.11 Å². The number of halogens is 1. The maximum atomic E-state index is 13.1. The third-order valence-corrected chi connectivity index (χ3v) is 4.73. The molecule has 0 bridgehead atoms. The van der Waals surface area contributed by atoms with Crippen LogP contribution in [0.25, 0.3) is 10.2 Å². The predicted octanol–water partition coefficient (Wildman–Crippen LogP) is 3.40. The topological polar surface area (TPSA) is 45.1 Å². The quantitative estimate of drug-likeness (QED) is 0.905. The number of rotatable bonds is 3. The Hall–Kier alpha value is -1.20. The normalized spacial score (nSPS) is 23.7. The summed E-state index contributed by atoms with van der Waals surface area (Å²) in [6.07, 6.45) is 4.26. The number of fused-ring (bicyclic) bond motifs is 1. The van der Waals surface area contributed by atoms with Crippen LogP contribution in [0.5, 0.6) is 0 Å². The lowest BCUT2D eigenvalue weighted by atomic mass is 9.87. The van der Waals surface area contributed by atoms with E-state index in [-0.39, 0.29) is 5.82 Å². The molecule has 2 aromatic rings. The number of thiazole rings is 1. The number of benzene rings is 1. The molecule has 1 saturated carbocycles. The van der Waals surface area contributed by atoms with Crippen molar-refractivity contribution in [2.24, 2.45) is 5.92 Å². The molecule has 0 amide bonds. The number of anilines is 1. The van der Waals surface area contributed by atoms with Crippen molar-refractivity contribution in [1.82, 2.24) is 4.98 Å². The molecule has 3 nitrogen and oxygen atoms in total. The van der Waals surface area contributed by atoms with Crippen LogP contribution in [0.1, 0.15) is 25.7 Å². The fourth-order valence-corrected chi connectivity index (χ4v) is 3.59. The second-order valence-electron chi connectivity index (χ2n) is 5.18. The van der Waals surface area contributed by atoms with Gasteiger partial charge in [-0.1, -0.05) is 11.3 Å². The third-order valence-electron chi connectivity index (χ3n) is 3.78. The summed E-state index contributed by atoms with van der Waals surface area (Å²) in [6, 6.07) is 5.11. The minimum Gasteiger partial charge on any atom is -0.396 e. The van der Waals surface area contributed by atoms with Crippen molar-refractivity contribution in [2.45, 2.75) is 31.7 Å². The van der Waals surface area contributed by atoms with Crippen molar-refractivity contribution in [3.05, 3.63) is 24.0 Å². The highest BCUT2D eigenvalue weighted by molar-refractivity contribution is 7.22. The van der Waals surface area contributed by atoms with Gasteiger partial charge in [-0.25, -0.2) is 9.37 Å². The Labute approximate surface area is 115 Å². The van der Waals surface area contributed by atoms with Gasteiger partial charge in [-0.15, -0.1) is 0 Å². The number of nitrogens with one attached hydrogen (secondary N) is 1. The average Bonchev–Trinajstić information content (AvgIpc) is 2.81. The molecule has 0 spiro atoms. The van der Waals surface area contributed by atoms with Crippen LogP contribution in [0, 0.1) is 11.7 Å². The summed E-state index contributed by atoms with van der Waals surface area (Å²) in [5.74, 6) is 0.244. The number of aliphatic hydroxyl groups is 1. The number of hydrogen-bond acceptors (Lipinski definition) is 4. The van der Waals surface area contributed by atoms with Crippen molar-refractivity contribution in [1.29, 1.82) is 0 Å². The average molecular weight is 280 g/mol. The van der Waals surface area contributed by atoms with Gasteiger partial charge >= 0.3 is 0 Å². The van der Waals surface area contributed by atoms with E-state index in [0.717, 1.165) is 41.0 Å². The molecule has 2 N–H and O–H groups in total. The summed E-state index contributed by atoms with van der Waals surface area (Å²) in [5.41, 5.74) is 0.845. The van der Waals surface area contributed by atoms with Crippen molar-refractivity contribution >= 4 is 26.7 Å². The summed E-state index contributed by atoms with van der Waals surface area (Å²) >= 11 is 1.50. The first-order chi connectivity index (χ1) is 9.24. The molecule has 1 fully saturated rings. The lowest BCUT2D eigenvalue weighted by Gasteiger charge is -2.27. The number of hydrogen-bond donors (Lipinski definition) is 2. The maximum absolute atomic E-state index is 13.1. The van der Waals surface area contributed by atoms with E-state index in [9.17, 15) is 4.39 Å². The molecule has 5 heteroatoms. The highest BCUT2D eigenvalue weighted by Gasteiger charge is 2.21. The first kappa shape index (κ1) is 12.8. The zero-order valence-electron chi connectivity index (χ0n) is 10.6. The summed E-state index contributed by atoms with van der Waals surface area (Å²) in [7, 11) is 0. The number of aromatic nitrogens is 1. The molecule has 0 radical (unpaired) electrons. The monoisotopic (exact) mass is 280 g/mol. The zero-order chi connectivity index (χ0) is 13.2. The van der Waals surface area contributed by atoms with Gasteiger partial charge in [0, 0.05) is 12.6 Å². The minimum absolute atomic E-state index is 0.217. The van der Waals surface area contributed by atoms with Gasteiger partial charge in [0.25, 0.3) is 0 Å². The van der Waals surface area contributed by atoms with Gasteiger partial charge in [0.15, 0.2) is 5.13 Å². The van der Waals surface area contributed by atoms with Gasteiger partial charge in [-0.2, -0.15) is 0 Å². The van der Waals surface area contributed by atoms with Crippen LogP contribution in [0.4, 0.5) is 9.52 Å². The van der Waals surface area contributed by atoms with Gasteiger partial charge in [0.05, 0.1) is 10.2 Å². The predicted molar refractivity (Wildman–Crippen MR) is 76.0 cm³/mol. The number of nitrogens with zero attached hydrogens (tertiary/aromatic N) is 1. The van der Waals surface area contributed by atoms with Gasteiger partial charge < -0.3 is 10.4 Å². The van der Waals surface area contributed by atoms with E-state index in [0.29, 0.717) is 18.6 Å². The van der Waals surface area contributed by atoms with Gasteiger partial charge in [-0.05, 0) is 49.8 Å². The van der Waals surface area contributed by atoms with Crippen LogP contribution in [-0.2, 0) is 0 Å². The summed E-state index contributed by atoms with van der Waals surface area (Å²) < 4.78 is 14.0. The molecule has 3 rings (SSSR count). The zero-order valence-corrected chi connectivity index (χ0v) is 11.4. The Morgan fingerprint density at radius 2 is 2.11 bits per heavy atom. The molecular formula is C14H17FN2OS. The van der Waals surface area contributed by atoms with E-state index < -0.39 is 0 Å². The van der Waals surface area contributed by atoms with Crippen LogP contribution in [0.3, 0.4) is 0 Å². The third kappa shape index (κ3) is 2.87. The Balaban J connectivity index is 1.68. The standard InChI is InChI=1S/C14H17FN2OS/c15-10-3-6-12-13(7-10)19-14(17-12)16-11-4-1-9(8-18)2-5-11/h3,6-7,9,11,18H,1-2,4-5,8H2,(H,16,17). The maximum Gasteiger partial charge on any atom is 0.184 e. The number of aliphatic hydroxyl groups excluding tert-OH is 1. The van der Waals surface area contributed by atoms with E-state index in [1.165, 1.54) is 23.5 Å². The molecular weight excluding hydrogens is 263 g/mol. The van der Waals surface area contributed by atoms with Gasteiger partial charge in [0.1, 0.15) is 5.82 Å².